The molecule has 0 bridgehead atoms. The van der Waals surface area contributed by atoms with Gasteiger partial charge in [0.25, 0.3) is 0 Å². The number of carbonyl (C=O) groups excluding carboxylic acids is 3. The fourth-order valence-corrected chi connectivity index (χ4v) is 8.45. The van der Waals surface area contributed by atoms with Crippen LogP contribution in [0.2, 0.25) is 0 Å². The molecule has 6 heteroatoms. The Labute approximate surface area is 428 Å². The lowest BCUT2D eigenvalue weighted by Gasteiger charge is -2.18. The molecule has 1 unspecified atom stereocenters. The van der Waals surface area contributed by atoms with Crippen molar-refractivity contribution in [2.45, 2.75) is 309 Å². The molecule has 6 nitrogen and oxygen atoms in total. The minimum Gasteiger partial charge on any atom is -0.462 e. The molecule has 0 aromatic rings. The van der Waals surface area contributed by atoms with E-state index in [-0.39, 0.29) is 37.5 Å². The molecule has 0 N–H and O–H groups in total. The molecule has 0 aliphatic rings. The van der Waals surface area contributed by atoms with Gasteiger partial charge in [0.1, 0.15) is 13.2 Å². The van der Waals surface area contributed by atoms with E-state index in [1.54, 1.807) is 0 Å². The van der Waals surface area contributed by atoms with Gasteiger partial charge in [0, 0.05) is 19.3 Å². The number of allylic oxidation sites excluding steroid dienone is 10. The standard InChI is InChI=1S/C63H112O6/c1-4-7-10-13-16-19-22-25-28-30-31-33-35-38-41-44-47-50-53-56-62(65)68-59-60(58-67-61(64)55-52-49-46-43-40-37-34-27-24-21-18-15-12-9-6-3)69-63(66)57-54-51-48-45-42-39-36-32-29-26-23-20-17-14-11-8-5-2/h21,24,26,29-31,36,39,45,48,60H,4-20,22-23,25,27-28,32-35,37-38,40-44,46-47,49-59H2,1-3H3/b24-21-,29-26-,31-30-,39-36-,48-45-. The minimum absolute atomic E-state index is 0.0966. The van der Waals surface area contributed by atoms with E-state index in [9.17, 15) is 14.4 Å². The van der Waals surface area contributed by atoms with Crippen LogP contribution in [-0.4, -0.2) is 37.2 Å². The van der Waals surface area contributed by atoms with E-state index in [1.165, 1.54) is 199 Å². The highest BCUT2D eigenvalue weighted by Gasteiger charge is 2.19. The maximum atomic E-state index is 12.8. The first-order chi connectivity index (χ1) is 34.0. The molecule has 0 radical (unpaired) electrons. The van der Waals surface area contributed by atoms with Crippen LogP contribution in [0.15, 0.2) is 60.8 Å². The summed E-state index contributed by atoms with van der Waals surface area (Å²) in [4.78, 5) is 38.2. The monoisotopic (exact) mass is 965 g/mol. The first-order valence-corrected chi connectivity index (χ1v) is 29.8. The van der Waals surface area contributed by atoms with Gasteiger partial charge in [0.05, 0.1) is 0 Å². The summed E-state index contributed by atoms with van der Waals surface area (Å²) >= 11 is 0. The van der Waals surface area contributed by atoms with Gasteiger partial charge < -0.3 is 14.2 Å². The number of unbranched alkanes of at least 4 members (excludes halogenated alkanes) is 33. The summed E-state index contributed by atoms with van der Waals surface area (Å²) in [6, 6.07) is 0. The average Bonchev–Trinajstić information content (AvgIpc) is 3.35. The van der Waals surface area contributed by atoms with Gasteiger partial charge in [-0.1, -0.05) is 242 Å². The van der Waals surface area contributed by atoms with E-state index in [0.29, 0.717) is 19.3 Å². The Bertz CT molecular complexity index is 1250. The van der Waals surface area contributed by atoms with Crippen LogP contribution in [0.5, 0.6) is 0 Å². The van der Waals surface area contributed by atoms with E-state index in [2.05, 4.69) is 81.5 Å². The predicted molar refractivity (Wildman–Crippen MR) is 298 cm³/mol. The summed E-state index contributed by atoms with van der Waals surface area (Å²) in [5.74, 6) is -0.946. The maximum absolute atomic E-state index is 12.8. The van der Waals surface area contributed by atoms with Crippen LogP contribution in [0.4, 0.5) is 0 Å². The predicted octanol–water partition coefficient (Wildman–Crippen LogP) is 20.0. The van der Waals surface area contributed by atoms with Gasteiger partial charge in [-0.05, 0) is 103 Å². The van der Waals surface area contributed by atoms with Crippen LogP contribution in [0.3, 0.4) is 0 Å². The highest BCUT2D eigenvalue weighted by atomic mass is 16.6. The molecular weight excluding hydrogens is 853 g/mol. The molecule has 0 aromatic carbocycles. The molecule has 0 fully saturated rings. The van der Waals surface area contributed by atoms with Crippen LogP contribution in [0, 0.1) is 0 Å². The Hall–Kier alpha value is -2.89. The Morgan fingerprint density at radius 3 is 0.884 bits per heavy atom. The number of rotatable bonds is 54. The summed E-state index contributed by atoms with van der Waals surface area (Å²) in [7, 11) is 0. The second-order valence-corrected chi connectivity index (χ2v) is 19.9. The van der Waals surface area contributed by atoms with E-state index in [1.807, 2.05) is 0 Å². The summed E-state index contributed by atoms with van der Waals surface area (Å²) in [6.45, 7) is 6.60. The first kappa shape index (κ1) is 66.1. The van der Waals surface area contributed by atoms with Crippen molar-refractivity contribution in [3.63, 3.8) is 0 Å². The van der Waals surface area contributed by atoms with Crippen molar-refractivity contribution >= 4 is 17.9 Å². The molecule has 0 spiro atoms. The Morgan fingerprint density at radius 2 is 0.536 bits per heavy atom. The number of hydrogen-bond donors (Lipinski definition) is 0. The maximum Gasteiger partial charge on any atom is 0.306 e. The molecular formula is C63H112O6. The second kappa shape index (κ2) is 57.7. The van der Waals surface area contributed by atoms with Gasteiger partial charge in [-0.15, -0.1) is 0 Å². The molecule has 0 aliphatic carbocycles. The van der Waals surface area contributed by atoms with Gasteiger partial charge >= 0.3 is 17.9 Å². The Morgan fingerprint density at radius 1 is 0.290 bits per heavy atom. The van der Waals surface area contributed by atoms with Crippen LogP contribution < -0.4 is 0 Å². The number of carbonyl (C=O) groups is 3. The fraction of sp³-hybridized carbons (Fsp3) is 0.794. The Kier molecular flexibility index (Phi) is 55.3. The van der Waals surface area contributed by atoms with Crippen molar-refractivity contribution in [1.29, 1.82) is 0 Å². The van der Waals surface area contributed by atoms with Crippen molar-refractivity contribution in [3.8, 4) is 0 Å². The summed E-state index contributed by atoms with van der Waals surface area (Å²) in [5, 5.41) is 0. The topological polar surface area (TPSA) is 78.9 Å². The largest absolute Gasteiger partial charge is 0.462 e. The quantitative estimate of drug-likeness (QED) is 0.0262. The third-order valence-corrected chi connectivity index (χ3v) is 13.0. The van der Waals surface area contributed by atoms with Crippen molar-refractivity contribution < 1.29 is 28.6 Å². The lowest BCUT2D eigenvalue weighted by atomic mass is 10.1. The molecule has 0 rings (SSSR count). The number of ether oxygens (including phenoxy) is 3. The third-order valence-electron chi connectivity index (χ3n) is 13.0. The van der Waals surface area contributed by atoms with Gasteiger partial charge in [0.2, 0.25) is 0 Å². The first-order valence-electron chi connectivity index (χ1n) is 29.8. The number of esters is 3. The van der Waals surface area contributed by atoms with Crippen LogP contribution in [-0.2, 0) is 28.6 Å². The fourth-order valence-electron chi connectivity index (χ4n) is 8.45. The van der Waals surface area contributed by atoms with Crippen molar-refractivity contribution in [3.05, 3.63) is 60.8 Å². The van der Waals surface area contributed by atoms with Gasteiger partial charge in [-0.25, -0.2) is 0 Å². The number of hydrogen-bond acceptors (Lipinski definition) is 6. The van der Waals surface area contributed by atoms with Crippen molar-refractivity contribution in [2.24, 2.45) is 0 Å². The third kappa shape index (κ3) is 55.9. The normalized spacial score (nSPS) is 12.4. The molecule has 0 amide bonds. The Balaban J connectivity index is 4.43. The van der Waals surface area contributed by atoms with Gasteiger partial charge in [0.15, 0.2) is 6.10 Å². The summed E-state index contributed by atoms with van der Waals surface area (Å²) in [6.07, 6.45) is 72.2. The zero-order valence-corrected chi connectivity index (χ0v) is 45.8. The molecule has 400 valence electrons. The van der Waals surface area contributed by atoms with Crippen molar-refractivity contribution in [1.82, 2.24) is 0 Å². The van der Waals surface area contributed by atoms with Gasteiger partial charge in [-0.2, -0.15) is 0 Å². The smallest absolute Gasteiger partial charge is 0.306 e. The zero-order valence-electron chi connectivity index (χ0n) is 45.8. The zero-order chi connectivity index (χ0) is 50.0. The summed E-state index contributed by atoms with van der Waals surface area (Å²) in [5.41, 5.74) is 0. The molecule has 0 heterocycles. The molecule has 69 heavy (non-hydrogen) atoms. The molecule has 1 atom stereocenters. The van der Waals surface area contributed by atoms with Crippen LogP contribution in [0.1, 0.15) is 303 Å². The van der Waals surface area contributed by atoms with Crippen LogP contribution in [0.25, 0.3) is 0 Å². The van der Waals surface area contributed by atoms with Crippen LogP contribution >= 0.6 is 0 Å². The van der Waals surface area contributed by atoms with E-state index in [4.69, 9.17) is 14.2 Å². The molecule has 0 aromatic heterocycles. The molecule has 0 aliphatic heterocycles. The van der Waals surface area contributed by atoms with E-state index in [0.717, 1.165) is 57.8 Å². The SMILES string of the molecule is CCCCCC/C=C\CCCCCCCCCC(=O)OCC(COC(=O)CCCCCCCCC/C=C\CCCCCCCCCC)OC(=O)CCC/C=C\C/C=C\C/C=C\CCCCCCCC. The highest BCUT2D eigenvalue weighted by molar-refractivity contribution is 5.71. The van der Waals surface area contributed by atoms with Crippen molar-refractivity contribution in [2.75, 3.05) is 13.2 Å². The second-order valence-electron chi connectivity index (χ2n) is 19.9. The van der Waals surface area contributed by atoms with Gasteiger partial charge in [-0.3, -0.25) is 14.4 Å². The van der Waals surface area contributed by atoms with E-state index >= 15 is 0 Å². The minimum atomic E-state index is -0.804. The van der Waals surface area contributed by atoms with E-state index < -0.39 is 6.10 Å². The highest BCUT2D eigenvalue weighted by Crippen LogP contribution is 2.15. The lowest BCUT2D eigenvalue weighted by molar-refractivity contribution is -0.167. The average molecular weight is 966 g/mol. The molecule has 0 saturated heterocycles. The lowest BCUT2D eigenvalue weighted by Crippen LogP contribution is -2.30. The molecule has 0 saturated carbocycles. The summed E-state index contributed by atoms with van der Waals surface area (Å²) < 4.78 is 16.8.